The second kappa shape index (κ2) is 9.25. The molecule has 4 rings (SSSR count). The first-order valence-electron chi connectivity index (χ1n) is 10.7. The fraction of sp³-hybridized carbons (Fsp3) is 0.571. The van der Waals surface area contributed by atoms with E-state index in [-0.39, 0.29) is 35.3 Å². The van der Waals surface area contributed by atoms with Crippen LogP contribution in [0.4, 0.5) is 0 Å². The minimum Gasteiger partial charge on any atom is -0.452 e. The van der Waals surface area contributed by atoms with Crippen molar-refractivity contribution in [2.45, 2.75) is 57.2 Å². The van der Waals surface area contributed by atoms with Crippen LogP contribution in [0.3, 0.4) is 0 Å². The Morgan fingerprint density at radius 2 is 1.97 bits per heavy atom. The highest BCUT2D eigenvalue weighted by molar-refractivity contribution is 7.91. The number of hydrogen-bond donors (Lipinski definition) is 0. The van der Waals surface area contributed by atoms with Crippen molar-refractivity contribution in [1.29, 1.82) is 0 Å². The van der Waals surface area contributed by atoms with Crippen LogP contribution in [0.15, 0.2) is 35.0 Å². The van der Waals surface area contributed by atoms with E-state index in [4.69, 9.17) is 9.15 Å². The minimum absolute atomic E-state index is 0.00235. The number of esters is 1. The monoisotopic (exact) mass is 449 g/mol. The molecule has 2 aromatic rings. The average molecular weight is 450 g/mol. The van der Waals surface area contributed by atoms with Crippen LogP contribution in [0.2, 0.25) is 0 Å². The Kier molecular flexibility index (Phi) is 6.45. The number of sulfone groups is 1. The Morgan fingerprint density at radius 3 is 2.65 bits per heavy atom. The Labute approximate surface area is 181 Å². The fourth-order valence-electron chi connectivity index (χ4n) is 4.46. The van der Waals surface area contributed by atoms with Gasteiger partial charge in [-0.05, 0) is 37.5 Å². The van der Waals surface area contributed by atoms with E-state index < -0.39 is 22.4 Å². The van der Waals surface area contributed by atoms with Crippen LogP contribution in [0, 0.1) is 0 Å². The van der Waals surface area contributed by atoms with E-state index in [1.165, 1.54) is 6.07 Å². The molecule has 1 aliphatic carbocycles. The predicted molar refractivity (Wildman–Crippen MR) is 111 cm³/mol. The second-order valence-corrected chi connectivity index (χ2v) is 10.4. The third-order valence-electron chi connectivity index (χ3n) is 5.92. The number of rotatable bonds is 7. The van der Waals surface area contributed by atoms with Crippen molar-refractivity contribution in [1.82, 2.24) is 14.7 Å². The summed E-state index contributed by atoms with van der Waals surface area (Å²) >= 11 is 0. The van der Waals surface area contributed by atoms with Gasteiger partial charge in [-0.15, -0.1) is 0 Å². The minimum atomic E-state index is -3.13. The van der Waals surface area contributed by atoms with Crippen LogP contribution in [0.5, 0.6) is 0 Å². The van der Waals surface area contributed by atoms with Gasteiger partial charge in [0, 0.05) is 24.5 Å². The summed E-state index contributed by atoms with van der Waals surface area (Å²) in [4.78, 5) is 27.1. The number of nitrogens with zero attached hydrogens (tertiary/aromatic N) is 3. The Morgan fingerprint density at radius 1 is 1.16 bits per heavy atom. The first-order chi connectivity index (χ1) is 14.9. The molecule has 168 valence electrons. The molecule has 0 spiro atoms. The van der Waals surface area contributed by atoms with E-state index in [1.807, 2.05) is 0 Å². The number of aromatic nitrogens is 2. The topological polar surface area (TPSA) is 112 Å². The zero-order chi connectivity index (χ0) is 21.8. The number of carbonyl (C=O) groups is 2. The van der Waals surface area contributed by atoms with Crippen LogP contribution in [0.25, 0.3) is 0 Å². The van der Waals surface area contributed by atoms with Gasteiger partial charge in [-0.25, -0.2) is 13.2 Å². The van der Waals surface area contributed by atoms with Crippen LogP contribution in [-0.2, 0) is 25.9 Å². The van der Waals surface area contributed by atoms with E-state index in [0.29, 0.717) is 18.7 Å². The van der Waals surface area contributed by atoms with Gasteiger partial charge in [-0.1, -0.05) is 19.3 Å². The summed E-state index contributed by atoms with van der Waals surface area (Å²) in [5.41, 5.74) is 0. The highest BCUT2D eigenvalue weighted by atomic mass is 32.2. The highest BCUT2D eigenvalue weighted by Gasteiger charge is 2.38. The number of amides is 1. The third kappa shape index (κ3) is 5.36. The van der Waals surface area contributed by atoms with Crippen LogP contribution in [-0.4, -0.2) is 65.2 Å². The lowest BCUT2D eigenvalue weighted by molar-refractivity contribution is -0.140. The zero-order valence-corrected chi connectivity index (χ0v) is 18.1. The summed E-state index contributed by atoms with van der Waals surface area (Å²) < 4.78 is 36.4. The van der Waals surface area contributed by atoms with Crippen molar-refractivity contribution in [3.05, 3.63) is 42.1 Å². The first-order valence-corrected chi connectivity index (χ1v) is 12.5. The molecule has 0 aromatic carbocycles. The van der Waals surface area contributed by atoms with Crippen LogP contribution >= 0.6 is 0 Å². The molecule has 0 radical (unpaired) electrons. The molecular formula is C21H27N3O6S. The lowest BCUT2D eigenvalue weighted by atomic mass is 9.93. The largest absolute Gasteiger partial charge is 0.452 e. The summed E-state index contributed by atoms with van der Waals surface area (Å²) in [6.07, 6.45) is 8.72. The van der Waals surface area contributed by atoms with Gasteiger partial charge in [0.25, 0.3) is 5.91 Å². The summed E-state index contributed by atoms with van der Waals surface area (Å²) in [5.74, 6) is -0.421. The molecule has 31 heavy (non-hydrogen) atoms. The van der Waals surface area contributed by atoms with Crippen molar-refractivity contribution < 1.29 is 27.2 Å². The molecule has 1 unspecified atom stereocenters. The molecule has 1 atom stereocenters. The van der Waals surface area contributed by atoms with Crippen molar-refractivity contribution >= 4 is 21.7 Å². The van der Waals surface area contributed by atoms with E-state index in [2.05, 4.69) is 5.10 Å². The van der Waals surface area contributed by atoms with Crippen LogP contribution in [0.1, 0.15) is 54.8 Å². The fourth-order valence-corrected chi connectivity index (χ4v) is 6.17. The SMILES string of the molecule is O=C(OCC(=O)N(C1CCCCC1)C1CCS(=O)(=O)C1)c1ccc(Cn2cccn2)o1. The van der Waals surface area contributed by atoms with E-state index in [0.717, 1.165) is 32.1 Å². The molecule has 9 nitrogen and oxygen atoms in total. The van der Waals surface area contributed by atoms with E-state index in [1.54, 1.807) is 34.1 Å². The molecule has 10 heteroatoms. The molecule has 2 aliphatic rings. The van der Waals surface area contributed by atoms with Crippen molar-refractivity contribution in [3.8, 4) is 0 Å². The maximum absolute atomic E-state index is 13.0. The van der Waals surface area contributed by atoms with Crippen molar-refractivity contribution in [3.63, 3.8) is 0 Å². The van der Waals surface area contributed by atoms with Gasteiger partial charge in [-0.3, -0.25) is 9.48 Å². The summed E-state index contributed by atoms with van der Waals surface area (Å²) in [6, 6.07) is 4.62. The van der Waals surface area contributed by atoms with Crippen molar-refractivity contribution in [2.24, 2.45) is 0 Å². The smallest absolute Gasteiger partial charge is 0.374 e. The maximum atomic E-state index is 13.0. The second-order valence-electron chi connectivity index (χ2n) is 8.20. The number of furan rings is 1. The molecule has 1 amide bonds. The highest BCUT2D eigenvalue weighted by Crippen LogP contribution is 2.28. The first kappa shape index (κ1) is 21.6. The van der Waals surface area contributed by atoms with Crippen molar-refractivity contribution in [2.75, 3.05) is 18.1 Å². The normalized spacial score (nSPS) is 21.1. The summed E-state index contributed by atoms with van der Waals surface area (Å²) in [5, 5.41) is 4.08. The Bertz CT molecular complexity index is 1010. The quantitative estimate of drug-likeness (QED) is 0.595. The molecule has 0 N–H and O–H groups in total. The zero-order valence-electron chi connectivity index (χ0n) is 17.3. The molecule has 1 saturated carbocycles. The lowest BCUT2D eigenvalue weighted by Crippen LogP contribution is -2.50. The maximum Gasteiger partial charge on any atom is 0.374 e. The van der Waals surface area contributed by atoms with Gasteiger partial charge >= 0.3 is 5.97 Å². The van der Waals surface area contributed by atoms with Gasteiger partial charge in [0.15, 0.2) is 16.4 Å². The van der Waals surface area contributed by atoms with Gasteiger partial charge in [-0.2, -0.15) is 5.10 Å². The Hall–Kier alpha value is -2.62. The molecule has 1 aliphatic heterocycles. The summed E-state index contributed by atoms with van der Waals surface area (Å²) in [7, 11) is -3.13. The standard InChI is InChI=1S/C21H27N3O6S/c25-20(24(16-5-2-1-3-6-16)17-9-12-31(27,28)15-17)14-29-21(26)19-8-7-18(30-19)13-23-11-4-10-22-23/h4,7-8,10-11,16-17H,1-3,5-6,9,12-15H2. The number of ether oxygens (including phenoxy) is 1. The summed E-state index contributed by atoms with van der Waals surface area (Å²) in [6.45, 7) is -0.0497. The average Bonchev–Trinajstić information content (AvgIpc) is 3.50. The van der Waals surface area contributed by atoms with Gasteiger partial charge in [0.2, 0.25) is 5.76 Å². The van der Waals surface area contributed by atoms with E-state index in [9.17, 15) is 18.0 Å². The molecule has 2 aromatic heterocycles. The predicted octanol–water partition coefficient (Wildman–Crippen LogP) is 2.03. The van der Waals surface area contributed by atoms with Gasteiger partial charge in [0.05, 0.1) is 18.1 Å². The molecule has 1 saturated heterocycles. The van der Waals surface area contributed by atoms with Crippen LogP contribution < -0.4 is 0 Å². The van der Waals surface area contributed by atoms with E-state index >= 15 is 0 Å². The molecule has 3 heterocycles. The molecule has 0 bridgehead atoms. The number of hydrogen-bond acceptors (Lipinski definition) is 7. The Balaban J connectivity index is 1.38. The van der Waals surface area contributed by atoms with Gasteiger partial charge in [0.1, 0.15) is 5.76 Å². The van der Waals surface area contributed by atoms with Gasteiger partial charge < -0.3 is 14.1 Å². The molecule has 2 fully saturated rings. The lowest BCUT2D eigenvalue weighted by Gasteiger charge is -2.38. The third-order valence-corrected chi connectivity index (χ3v) is 7.67. The molecular weight excluding hydrogens is 422 g/mol. The number of carbonyl (C=O) groups excluding carboxylic acids is 2.